The molecule has 7 rings (SSSR count). The van der Waals surface area contributed by atoms with Gasteiger partial charge >= 0.3 is 6.92 Å². The summed E-state index contributed by atoms with van der Waals surface area (Å²) < 4.78 is 6.60. The minimum atomic E-state index is -0.119. The van der Waals surface area contributed by atoms with Crippen LogP contribution in [0.2, 0.25) is 0 Å². The highest BCUT2D eigenvalue weighted by Gasteiger charge is 2.44. The molecule has 0 radical (unpaired) electrons. The topological polar surface area (TPSA) is 12.5 Å². The number of anilines is 3. The highest BCUT2D eigenvalue weighted by Crippen LogP contribution is 2.59. The molecule has 0 amide bonds. The van der Waals surface area contributed by atoms with Crippen molar-refractivity contribution in [2.24, 2.45) is 0 Å². The molecule has 2 nitrogen and oxygen atoms in total. The molecule has 4 aromatic carbocycles. The minimum Gasteiger partial charge on any atom is -0.551 e. The molecule has 0 atom stereocenters. The average Bonchev–Trinajstić information content (AvgIpc) is 2.77. The van der Waals surface area contributed by atoms with Gasteiger partial charge in [-0.2, -0.15) is 0 Å². The zero-order valence-electron chi connectivity index (χ0n) is 15.3. The Labute approximate surface area is 178 Å². The molecule has 136 valence electrons. The molecule has 3 aliphatic heterocycles. The van der Waals surface area contributed by atoms with Crippen molar-refractivity contribution in [2.45, 2.75) is 19.6 Å². The maximum absolute atomic E-state index is 6.60. The fourth-order valence-electron chi connectivity index (χ4n) is 4.53. The van der Waals surface area contributed by atoms with Crippen molar-refractivity contribution in [3.63, 3.8) is 0 Å². The van der Waals surface area contributed by atoms with Crippen LogP contribution in [0.1, 0.15) is 0 Å². The molecule has 0 aliphatic carbocycles. The van der Waals surface area contributed by atoms with E-state index in [1.165, 1.54) is 47.6 Å². The summed E-state index contributed by atoms with van der Waals surface area (Å²) in [5, 5.41) is 0. The first-order valence-electron chi connectivity index (χ1n) is 9.65. The number of nitrogens with zero attached hydrogens (tertiary/aromatic N) is 1. The van der Waals surface area contributed by atoms with E-state index in [2.05, 4.69) is 59.5 Å². The van der Waals surface area contributed by atoms with E-state index in [0.717, 1.165) is 5.75 Å². The first kappa shape index (κ1) is 16.1. The van der Waals surface area contributed by atoms with Gasteiger partial charge in [-0.15, -0.1) is 0 Å². The summed E-state index contributed by atoms with van der Waals surface area (Å²) in [5.41, 5.74) is 6.34. The number of rotatable bonds is 2. The SMILES string of the molecule is c1ccc(OB2c3cccc4c3N3c5c(cccc5Sc5cccc2c53)S4)cc1. The van der Waals surface area contributed by atoms with Gasteiger partial charge in [0, 0.05) is 19.6 Å². The average molecular weight is 407 g/mol. The van der Waals surface area contributed by atoms with Gasteiger partial charge in [-0.25, -0.2) is 0 Å². The summed E-state index contributed by atoms with van der Waals surface area (Å²) in [6, 6.07) is 30.0. The van der Waals surface area contributed by atoms with E-state index in [9.17, 15) is 0 Å². The molecule has 0 unspecified atom stereocenters. The molecule has 0 bridgehead atoms. The molecule has 0 aromatic heterocycles. The quantitative estimate of drug-likeness (QED) is 0.347. The van der Waals surface area contributed by atoms with Crippen LogP contribution >= 0.6 is 23.5 Å². The number of benzene rings is 4. The normalized spacial score (nSPS) is 14.5. The number of para-hydroxylation sites is 4. The maximum atomic E-state index is 6.60. The Kier molecular flexibility index (Phi) is 3.26. The van der Waals surface area contributed by atoms with Crippen molar-refractivity contribution < 1.29 is 4.65 Å². The summed E-state index contributed by atoms with van der Waals surface area (Å²) in [4.78, 5) is 7.71. The Hall–Kier alpha value is -2.76. The summed E-state index contributed by atoms with van der Waals surface area (Å²) in [7, 11) is 0. The van der Waals surface area contributed by atoms with Gasteiger partial charge in [0.2, 0.25) is 0 Å². The van der Waals surface area contributed by atoms with Gasteiger partial charge in [0.05, 0.1) is 22.8 Å². The van der Waals surface area contributed by atoms with E-state index in [1.54, 1.807) is 0 Å². The van der Waals surface area contributed by atoms with E-state index >= 15 is 0 Å². The van der Waals surface area contributed by atoms with E-state index in [-0.39, 0.29) is 6.92 Å². The third-order valence-corrected chi connectivity index (χ3v) is 7.89. The Balaban J connectivity index is 1.53. The smallest absolute Gasteiger partial charge is 0.430 e. The summed E-state index contributed by atoms with van der Waals surface area (Å²) in [5.74, 6) is 0.897. The molecule has 0 saturated heterocycles. The molecule has 29 heavy (non-hydrogen) atoms. The van der Waals surface area contributed by atoms with Gasteiger partial charge in [0.1, 0.15) is 0 Å². The predicted molar refractivity (Wildman–Crippen MR) is 121 cm³/mol. The second-order valence-electron chi connectivity index (χ2n) is 7.34. The predicted octanol–water partition coefficient (Wildman–Crippen LogP) is 5.58. The Morgan fingerprint density at radius 3 is 1.66 bits per heavy atom. The maximum Gasteiger partial charge on any atom is 0.430 e. The van der Waals surface area contributed by atoms with Gasteiger partial charge in [0.25, 0.3) is 0 Å². The fourth-order valence-corrected chi connectivity index (χ4v) is 6.87. The fraction of sp³-hybridized carbons (Fsp3) is 0. The first-order chi connectivity index (χ1) is 14.4. The molecule has 0 saturated carbocycles. The highest BCUT2D eigenvalue weighted by molar-refractivity contribution is 8.00. The van der Waals surface area contributed by atoms with E-state index in [4.69, 9.17) is 4.65 Å². The first-order valence-corrected chi connectivity index (χ1v) is 11.3. The van der Waals surface area contributed by atoms with Gasteiger partial charge in [-0.1, -0.05) is 72.1 Å². The van der Waals surface area contributed by atoms with E-state index < -0.39 is 0 Å². The Morgan fingerprint density at radius 1 is 0.552 bits per heavy atom. The van der Waals surface area contributed by atoms with Crippen LogP contribution in [0.25, 0.3) is 0 Å². The minimum absolute atomic E-state index is 0.119. The van der Waals surface area contributed by atoms with Crippen molar-refractivity contribution in [3.05, 3.63) is 84.9 Å². The second-order valence-corrected chi connectivity index (χ2v) is 9.51. The van der Waals surface area contributed by atoms with E-state index in [0.29, 0.717) is 0 Å². The lowest BCUT2D eigenvalue weighted by Gasteiger charge is -2.44. The zero-order valence-corrected chi connectivity index (χ0v) is 17.0. The van der Waals surface area contributed by atoms with Crippen molar-refractivity contribution >= 4 is 58.4 Å². The summed E-state index contributed by atoms with van der Waals surface area (Å²) >= 11 is 3.73. The monoisotopic (exact) mass is 407 g/mol. The van der Waals surface area contributed by atoms with Gasteiger partial charge in [-0.05, 0) is 47.3 Å². The van der Waals surface area contributed by atoms with E-state index in [1.807, 2.05) is 53.9 Å². The standard InChI is InChI=1S/C24H14BNOS2/c1-2-7-15(8-3-1)27-25-16-9-4-11-18-22(16)26-23-17(25)10-5-12-19(23)29-21-14-6-13-20(28-18)24(21)26/h1-14H. The lowest BCUT2D eigenvalue weighted by atomic mass is 9.52. The molecule has 4 aromatic rings. The third-order valence-electron chi connectivity index (χ3n) is 5.70. The third kappa shape index (κ3) is 2.17. The van der Waals surface area contributed by atoms with Gasteiger partial charge in [-0.3, -0.25) is 0 Å². The van der Waals surface area contributed by atoms with Gasteiger partial charge < -0.3 is 9.55 Å². The summed E-state index contributed by atoms with van der Waals surface area (Å²) in [6.07, 6.45) is 0. The van der Waals surface area contributed by atoms with Crippen LogP contribution in [-0.2, 0) is 0 Å². The van der Waals surface area contributed by atoms with Crippen LogP contribution in [0.4, 0.5) is 17.1 Å². The molecule has 3 aliphatic rings. The van der Waals surface area contributed by atoms with Crippen molar-refractivity contribution in [1.29, 1.82) is 0 Å². The van der Waals surface area contributed by atoms with Crippen LogP contribution in [0, 0.1) is 0 Å². The van der Waals surface area contributed by atoms with Crippen molar-refractivity contribution in [1.82, 2.24) is 0 Å². The molecular weight excluding hydrogens is 393 g/mol. The molecule has 0 N–H and O–H groups in total. The lowest BCUT2D eigenvalue weighted by Crippen LogP contribution is -2.55. The molecule has 3 heterocycles. The zero-order chi connectivity index (χ0) is 18.9. The summed E-state index contributed by atoms with van der Waals surface area (Å²) in [6.45, 7) is -0.119. The molecular formula is C24H14BNOS2. The number of hydrogen-bond acceptors (Lipinski definition) is 4. The lowest BCUT2D eigenvalue weighted by molar-refractivity contribution is 0.591. The molecule has 0 spiro atoms. The molecule has 0 fully saturated rings. The largest absolute Gasteiger partial charge is 0.551 e. The van der Waals surface area contributed by atoms with Crippen LogP contribution in [-0.4, -0.2) is 6.92 Å². The van der Waals surface area contributed by atoms with Crippen molar-refractivity contribution in [3.8, 4) is 5.75 Å². The highest BCUT2D eigenvalue weighted by atomic mass is 32.2. The Morgan fingerprint density at radius 2 is 1.07 bits per heavy atom. The van der Waals surface area contributed by atoms with Crippen LogP contribution in [0.5, 0.6) is 5.75 Å². The van der Waals surface area contributed by atoms with Crippen LogP contribution < -0.4 is 20.5 Å². The van der Waals surface area contributed by atoms with Crippen molar-refractivity contribution in [2.75, 3.05) is 4.90 Å². The van der Waals surface area contributed by atoms with Crippen LogP contribution in [0.15, 0.2) is 105 Å². The van der Waals surface area contributed by atoms with Gasteiger partial charge in [0.15, 0.2) is 0 Å². The Bertz CT molecular complexity index is 1230. The van der Waals surface area contributed by atoms with Crippen LogP contribution in [0.3, 0.4) is 0 Å². The second kappa shape index (κ2) is 5.88. The number of hydrogen-bond donors (Lipinski definition) is 0. The molecule has 5 heteroatoms.